The van der Waals surface area contributed by atoms with Crippen LogP contribution in [-0.2, 0) is 14.4 Å². The van der Waals surface area contributed by atoms with Crippen molar-refractivity contribution in [2.24, 2.45) is 0 Å². The molecule has 178 valence electrons. The van der Waals surface area contributed by atoms with Crippen molar-refractivity contribution in [2.75, 3.05) is 34.4 Å². The number of fused-ring (bicyclic) bond motifs is 1. The van der Waals surface area contributed by atoms with Gasteiger partial charge in [0.15, 0.2) is 29.9 Å². The molecule has 0 aromatic heterocycles. The molecular formula is C24H30FNO6Si. The molecule has 1 heterocycles. The molecule has 0 atom stereocenters. The first kappa shape index (κ1) is 24.8. The van der Waals surface area contributed by atoms with Gasteiger partial charge in [0.25, 0.3) is 5.91 Å². The number of hydroxylamine groups is 2. The van der Waals surface area contributed by atoms with Crippen LogP contribution in [0.5, 0.6) is 17.2 Å². The van der Waals surface area contributed by atoms with Crippen LogP contribution in [-0.4, -0.2) is 53.4 Å². The number of benzene rings is 2. The zero-order valence-electron chi connectivity index (χ0n) is 19.6. The van der Waals surface area contributed by atoms with Crippen LogP contribution in [0.1, 0.15) is 11.1 Å². The Morgan fingerprint density at radius 2 is 1.91 bits per heavy atom. The molecular weight excluding hydrogens is 445 g/mol. The average molecular weight is 476 g/mol. The molecule has 33 heavy (non-hydrogen) atoms. The lowest BCUT2D eigenvalue weighted by Crippen LogP contribution is -2.26. The first-order chi connectivity index (χ1) is 15.7. The number of halogens is 1. The van der Waals surface area contributed by atoms with Gasteiger partial charge in [-0.3, -0.25) is 9.63 Å². The van der Waals surface area contributed by atoms with Crippen LogP contribution in [0.4, 0.5) is 4.39 Å². The number of hydrogen-bond acceptors (Lipinski definition) is 6. The number of rotatable bonds is 10. The van der Waals surface area contributed by atoms with Gasteiger partial charge >= 0.3 is 0 Å². The molecule has 0 saturated heterocycles. The lowest BCUT2D eigenvalue weighted by Gasteiger charge is -2.17. The molecule has 0 saturated carbocycles. The SMILES string of the molecule is CON(C)C(=O)/C(=C/c1ccc(OCOCC[Si](C)(C)C)c(F)c1)c1ccc2c(c1)OCO2. The van der Waals surface area contributed by atoms with Crippen molar-refractivity contribution < 1.29 is 33.0 Å². The summed E-state index contributed by atoms with van der Waals surface area (Å²) in [5.41, 5.74) is 1.38. The maximum Gasteiger partial charge on any atom is 0.277 e. The van der Waals surface area contributed by atoms with Crippen molar-refractivity contribution in [2.45, 2.75) is 25.7 Å². The molecule has 0 N–H and O–H groups in total. The van der Waals surface area contributed by atoms with Crippen LogP contribution >= 0.6 is 0 Å². The molecule has 2 aromatic carbocycles. The Balaban J connectivity index is 1.78. The Morgan fingerprint density at radius 1 is 1.15 bits per heavy atom. The van der Waals surface area contributed by atoms with E-state index in [2.05, 4.69) is 19.6 Å². The van der Waals surface area contributed by atoms with Gasteiger partial charge in [0.1, 0.15) is 0 Å². The summed E-state index contributed by atoms with van der Waals surface area (Å²) < 4.78 is 36.3. The van der Waals surface area contributed by atoms with Gasteiger partial charge in [0.2, 0.25) is 6.79 Å². The van der Waals surface area contributed by atoms with Crippen LogP contribution in [0.15, 0.2) is 36.4 Å². The van der Waals surface area contributed by atoms with E-state index in [0.717, 1.165) is 11.1 Å². The zero-order valence-corrected chi connectivity index (χ0v) is 20.6. The van der Waals surface area contributed by atoms with Gasteiger partial charge in [-0.05, 0) is 47.5 Å². The van der Waals surface area contributed by atoms with E-state index in [4.69, 9.17) is 23.8 Å². The molecule has 0 bridgehead atoms. The Hall–Kier alpha value is -2.88. The van der Waals surface area contributed by atoms with E-state index in [1.54, 1.807) is 30.3 Å². The third-order valence-corrected chi connectivity index (χ3v) is 6.74. The quantitative estimate of drug-likeness (QED) is 0.123. The van der Waals surface area contributed by atoms with E-state index in [1.807, 2.05) is 0 Å². The van der Waals surface area contributed by atoms with Crippen molar-refractivity contribution in [1.82, 2.24) is 5.06 Å². The predicted octanol–water partition coefficient (Wildman–Crippen LogP) is 4.81. The molecule has 0 spiro atoms. The molecule has 7 nitrogen and oxygen atoms in total. The third-order valence-electron chi connectivity index (χ3n) is 5.03. The molecule has 1 aliphatic rings. The minimum atomic E-state index is -1.19. The predicted molar refractivity (Wildman–Crippen MR) is 126 cm³/mol. The molecule has 1 amide bonds. The first-order valence-corrected chi connectivity index (χ1v) is 14.3. The fourth-order valence-electron chi connectivity index (χ4n) is 3.02. The van der Waals surface area contributed by atoms with E-state index < -0.39 is 19.8 Å². The summed E-state index contributed by atoms with van der Waals surface area (Å²) in [5, 5.41) is 1.10. The Bertz CT molecular complexity index is 1020. The summed E-state index contributed by atoms with van der Waals surface area (Å²) in [4.78, 5) is 18.0. The Morgan fingerprint density at radius 3 is 2.61 bits per heavy atom. The molecule has 0 aliphatic carbocycles. The Kier molecular flexibility index (Phi) is 8.12. The number of ether oxygens (including phenoxy) is 4. The lowest BCUT2D eigenvalue weighted by molar-refractivity contribution is -0.161. The summed E-state index contributed by atoms with van der Waals surface area (Å²) in [6.45, 7) is 7.48. The Labute approximate surface area is 194 Å². The van der Waals surface area contributed by atoms with Crippen LogP contribution < -0.4 is 14.2 Å². The highest BCUT2D eigenvalue weighted by molar-refractivity contribution is 6.76. The highest BCUT2D eigenvalue weighted by Gasteiger charge is 2.21. The second kappa shape index (κ2) is 10.8. The second-order valence-corrected chi connectivity index (χ2v) is 14.4. The third kappa shape index (κ3) is 6.80. The van der Waals surface area contributed by atoms with Gasteiger partial charge in [-0.15, -0.1) is 0 Å². The molecule has 1 aliphatic heterocycles. The molecule has 0 fully saturated rings. The number of hydrogen-bond donors (Lipinski definition) is 0. The molecule has 0 radical (unpaired) electrons. The van der Waals surface area contributed by atoms with Gasteiger partial charge in [0, 0.05) is 27.3 Å². The molecule has 9 heteroatoms. The number of amides is 1. The normalized spacial score (nSPS) is 13.2. The summed E-state index contributed by atoms with van der Waals surface area (Å²) >= 11 is 0. The maximum atomic E-state index is 14.6. The van der Waals surface area contributed by atoms with Crippen molar-refractivity contribution in [3.63, 3.8) is 0 Å². The minimum absolute atomic E-state index is 0.0177. The van der Waals surface area contributed by atoms with Gasteiger partial charge in [-0.1, -0.05) is 31.8 Å². The van der Waals surface area contributed by atoms with Crippen LogP contribution in [0.2, 0.25) is 25.7 Å². The lowest BCUT2D eigenvalue weighted by atomic mass is 10.0. The monoisotopic (exact) mass is 475 g/mol. The molecule has 3 rings (SSSR count). The average Bonchev–Trinajstić information content (AvgIpc) is 3.24. The molecule has 0 unspecified atom stereocenters. The van der Waals surface area contributed by atoms with Crippen LogP contribution in [0.25, 0.3) is 11.6 Å². The number of likely N-dealkylation sites (N-methyl/N-ethyl adjacent to an activating group) is 1. The summed E-state index contributed by atoms with van der Waals surface area (Å²) in [6, 6.07) is 10.7. The number of carbonyl (C=O) groups excluding carboxylic acids is 1. The van der Waals surface area contributed by atoms with Crippen LogP contribution in [0, 0.1) is 5.82 Å². The summed E-state index contributed by atoms with van der Waals surface area (Å²) in [5.74, 6) is 0.286. The van der Waals surface area contributed by atoms with E-state index >= 15 is 0 Å². The molecule has 2 aromatic rings. The van der Waals surface area contributed by atoms with Crippen molar-refractivity contribution >= 4 is 25.6 Å². The zero-order chi connectivity index (χ0) is 24.0. The highest BCUT2D eigenvalue weighted by atomic mass is 28.3. The topological polar surface area (TPSA) is 66.5 Å². The second-order valence-electron chi connectivity index (χ2n) is 8.78. The highest BCUT2D eigenvalue weighted by Crippen LogP contribution is 2.35. The van der Waals surface area contributed by atoms with E-state index in [-0.39, 0.29) is 19.3 Å². The first-order valence-electron chi connectivity index (χ1n) is 10.6. The smallest absolute Gasteiger partial charge is 0.277 e. The maximum absolute atomic E-state index is 14.6. The van der Waals surface area contributed by atoms with Crippen LogP contribution in [0.3, 0.4) is 0 Å². The standard InChI is InChI=1S/C24H30FNO6Si/c1-26(28-2)24(27)19(18-7-9-22-23(14-18)32-16-31-22)12-17-6-8-21(20(25)13-17)30-15-29-10-11-33(3,4)5/h6-9,12-14H,10-11,15-16H2,1-5H3/b19-12+. The van der Waals surface area contributed by atoms with Gasteiger partial charge in [0.05, 0.1) is 7.11 Å². The van der Waals surface area contributed by atoms with Crippen molar-refractivity contribution in [1.29, 1.82) is 0 Å². The summed E-state index contributed by atoms with van der Waals surface area (Å²) in [7, 11) is 1.71. The number of nitrogens with zero attached hydrogens (tertiary/aromatic N) is 1. The fourth-order valence-corrected chi connectivity index (χ4v) is 3.77. The van der Waals surface area contributed by atoms with Crippen molar-refractivity contribution in [3.8, 4) is 17.2 Å². The van der Waals surface area contributed by atoms with Gasteiger partial charge < -0.3 is 18.9 Å². The van der Waals surface area contributed by atoms with E-state index in [1.165, 1.54) is 26.3 Å². The number of carbonyl (C=O) groups is 1. The largest absolute Gasteiger partial charge is 0.464 e. The minimum Gasteiger partial charge on any atom is -0.464 e. The van der Waals surface area contributed by atoms with Gasteiger partial charge in [-0.25, -0.2) is 9.45 Å². The summed E-state index contributed by atoms with van der Waals surface area (Å²) in [6.07, 6.45) is 1.59. The van der Waals surface area contributed by atoms with Gasteiger partial charge in [-0.2, -0.15) is 0 Å². The van der Waals surface area contributed by atoms with E-state index in [9.17, 15) is 9.18 Å². The van der Waals surface area contributed by atoms with E-state index in [0.29, 0.717) is 34.8 Å². The fraction of sp³-hybridized carbons (Fsp3) is 0.375. The van der Waals surface area contributed by atoms with Crippen molar-refractivity contribution in [3.05, 3.63) is 53.3 Å².